The van der Waals surface area contributed by atoms with E-state index in [-0.39, 0.29) is 23.8 Å². The summed E-state index contributed by atoms with van der Waals surface area (Å²) in [7, 11) is 0. The van der Waals surface area contributed by atoms with Gasteiger partial charge in [0.2, 0.25) is 5.91 Å². The molecule has 0 aliphatic carbocycles. The van der Waals surface area contributed by atoms with E-state index in [1.54, 1.807) is 6.92 Å². The van der Waals surface area contributed by atoms with Crippen LogP contribution in [0.3, 0.4) is 0 Å². The van der Waals surface area contributed by atoms with Crippen LogP contribution in [0.2, 0.25) is 0 Å². The van der Waals surface area contributed by atoms with Crippen molar-refractivity contribution in [2.45, 2.75) is 13.0 Å². The van der Waals surface area contributed by atoms with Gasteiger partial charge in [-0.05, 0) is 6.92 Å². The van der Waals surface area contributed by atoms with E-state index in [2.05, 4.69) is 15.5 Å². The number of rotatable bonds is 2. The van der Waals surface area contributed by atoms with Gasteiger partial charge in [-0.1, -0.05) is 0 Å². The van der Waals surface area contributed by atoms with E-state index < -0.39 is 0 Å². The SMILES string of the molecule is CCOC(=O)C1CNC(=O)C2CNCCN2C1. The van der Waals surface area contributed by atoms with Crippen LogP contribution in [0.5, 0.6) is 0 Å². The Morgan fingerprint density at radius 2 is 2.35 bits per heavy atom. The van der Waals surface area contributed by atoms with Crippen LogP contribution in [0.15, 0.2) is 0 Å². The largest absolute Gasteiger partial charge is 0.466 e. The maximum Gasteiger partial charge on any atom is 0.312 e. The molecule has 2 rings (SSSR count). The Morgan fingerprint density at radius 1 is 1.53 bits per heavy atom. The lowest BCUT2D eigenvalue weighted by Gasteiger charge is -2.33. The molecule has 0 aromatic rings. The van der Waals surface area contributed by atoms with Crippen LogP contribution in [0.1, 0.15) is 6.92 Å². The molecular formula is C11H19N3O3. The van der Waals surface area contributed by atoms with Crippen LogP contribution in [0, 0.1) is 5.92 Å². The van der Waals surface area contributed by atoms with Gasteiger partial charge in [-0.2, -0.15) is 0 Å². The Kier molecular flexibility index (Phi) is 3.96. The molecule has 0 aromatic heterocycles. The van der Waals surface area contributed by atoms with Crippen LogP contribution in [0.25, 0.3) is 0 Å². The van der Waals surface area contributed by atoms with Crippen LogP contribution >= 0.6 is 0 Å². The van der Waals surface area contributed by atoms with Crippen LogP contribution < -0.4 is 10.6 Å². The third-order valence-electron chi connectivity index (χ3n) is 3.25. The predicted molar refractivity (Wildman–Crippen MR) is 61.4 cm³/mol. The molecule has 2 saturated heterocycles. The zero-order valence-corrected chi connectivity index (χ0v) is 10.1. The Labute approximate surface area is 101 Å². The van der Waals surface area contributed by atoms with Gasteiger partial charge in [-0.25, -0.2) is 0 Å². The van der Waals surface area contributed by atoms with Crippen molar-refractivity contribution in [2.75, 3.05) is 39.3 Å². The standard InChI is InChI=1S/C11H19N3O3/c1-2-17-11(16)8-5-13-10(15)9-6-12-3-4-14(9)7-8/h8-9,12H,2-7H2,1H3,(H,13,15). The molecule has 2 unspecified atom stereocenters. The minimum Gasteiger partial charge on any atom is -0.466 e. The molecule has 0 radical (unpaired) electrons. The molecule has 96 valence electrons. The molecule has 2 N–H and O–H groups in total. The zero-order valence-electron chi connectivity index (χ0n) is 10.1. The first-order chi connectivity index (χ1) is 8.22. The average Bonchev–Trinajstić information content (AvgIpc) is 2.50. The number of carbonyl (C=O) groups excluding carboxylic acids is 2. The number of ether oxygens (including phenoxy) is 1. The summed E-state index contributed by atoms with van der Waals surface area (Å²) in [5.41, 5.74) is 0. The van der Waals surface area contributed by atoms with Gasteiger partial charge in [0.25, 0.3) is 0 Å². The van der Waals surface area contributed by atoms with Crippen molar-refractivity contribution in [1.82, 2.24) is 15.5 Å². The third kappa shape index (κ3) is 2.76. The van der Waals surface area contributed by atoms with Gasteiger partial charge in [0.1, 0.15) is 6.04 Å². The number of carbonyl (C=O) groups is 2. The first-order valence-corrected chi connectivity index (χ1v) is 6.11. The number of fused-ring (bicyclic) bond motifs is 1. The number of nitrogens with one attached hydrogen (secondary N) is 2. The molecular weight excluding hydrogens is 222 g/mol. The van der Waals surface area contributed by atoms with Crippen molar-refractivity contribution in [3.63, 3.8) is 0 Å². The lowest BCUT2D eigenvalue weighted by molar-refractivity contribution is -0.148. The summed E-state index contributed by atoms with van der Waals surface area (Å²) in [6.45, 7) is 5.47. The van der Waals surface area contributed by atoms with Crippen LogP contribution in [-0.2, 0) is 14.3 Å². The third-order valence-corrected chi connectivity index (χ3v) is 3.25. The summed E-state index contributed by atoms with van der Waals surface area (Å²) >= 11 is 0. The molecule has 17 heavy (non-hydrogen) atoms. The summed E-state index contributed by atoms with van der Waals surface area (Å²) < 4.78 is 5.02. The van der Waals surface area contributed by atoms with Crippen LogP contribution in [0.4, 0.5) is 0 Å². The number of amides is 1. The molecule has 0 bridgehead atoms. The van der Waals surface area contributed by atoms with E-state index in [4.69, 9.17) is 4.74 Å². The first-order valence-electron chi connectivity index (χ1n) is 6.11. The van der Waals surface area contributed by atoms with Gasteiger partial charge in [-0.15, -0.1) is 0 Å². The van der Waals surface area contributed by atoms with Gasteiger partial charge < -0.3 is 15.4 Å². The molecule has 6 heteroatoms. The maximum atomic E-state index is 11.8. The molecule has 1 amide bonds. The molecule has 0 aromatic carbocycles. The molecule has 0 spiro atoms. The summed E-state index contributed by atoms with van der Waals surface area (Å²) in [5.74, 6) is -0.460. The second-order valence-electron chi connectivity index (χ2n) is 4.41. The minimum absolute atomic E-state index is 0.00370. The second kappa shape index (κ2) is 5.46. The fourth-order valence-corrected chi connectivity index (χ4v) is 2.33. The zero-order chi connectivity index (χ0) is 12.3. The number of hydrogen-bond donors (Lipinski definition) is 2. The van der Waals surface area contributed by atoms with Crippen molar-refractivity contribution in [2.24, 2.45) is 5.92 Å². The fourth-order valence-electron chi connectivity index (χ4n) is 2.33. The van der Waals surface area contributed by atoms with Gasteiger partial charge >= 0.3 is 5.97 Å². The topological polar surface area (TPSA) is 70.7 Å². The average molecular weight is 241 g/mol. The van der Waals surface area contributed by atoms with Crippen molar-refractivity contribution < 1.29 is 14.3 Å². The van der Waals surface area contributed by atoms with Gasteiger partial charge in [0.05, 0.1) is 12.5 Å². The maximum absolute atomic E-state index is 11.8. The van der Waals surface area contributed by atoms with E-state index in [1.165, 1.54) is 0 Å². The molecule has 2 aliphatic heterocycles. The minimum atomic E-state index is -0.248. The van der Waals surface area contributed by atoms with E-state index in [0.29, 0.717) is 26.2 Å². The Balaban J connectivity index is 2.03. The number of hydrogen-bond acceptors (Lipinski definition) is 5. The molecule has 2 aliphatic rings. The van der Waals surface area contributed by atoms with E-state index in [1.807, 2.05) is 0 Å². The molecule has 0 saturated carbocycles. The van der Waals surface area contributed by atoms with E-state index in [9.17, 15) is 9.59 Å². The number of esters is 1. The lowest BCUT2D eigenvalue weighted by atomic mass is 10.1. The highest BCUT2D eigenvalue weighted by Gasteiger charge is 2.36. The normalized spacial score (nSPS) is 30.1. The summed E-state index contributed by atoms with van der Waals surface area (Å²) in [6.07, 6.45) is 0. The highest BCUT2D eigenvalue weighted by atomic mass is 16.5. The first kappa shape index (κ1) is 12.3. The lowest BCUT2D eigenvalue weighted by Crippen LogP contribution is -2.56. The van der Waals surface area contributed by atoms with Gasteiger partial charge in [0, 0.05) is 32.7 Å². The predicted octanol–water partition coefficient (Wildman–Crippen LogP) is -1.43. The summed E-state index contributed by atoms with van der Waals surface area (Å²) in [4.78, 5) is 25.6. The smallest absolute Gasteiger partial charge is 0.312 e. The molecule has 2 atom stereocenters. The molecule has 6 nitrogen and oxygen atoms in total. The Morgan fingerprint density at radius 3 is 3.12 bits per heavy atom. The summed E-state index contributed by atoms with van der Waals surface area (Å²) in [6, 6.07) is -0.150. The number of nitrogens with zero attached hydrogens (tertiary/aromatic N) is 1. The fraction of sp³-hybridized carbons (Fsp3) is 0.818. The molecule has 2 fully saturated rings. The van der Waals surface area contributed by atoms with Gasteiger partial charge in [0.15, 0.2) is 0 Å². The van der Waals surface area contributed by atoms with E-state index in [0.717, 1.165) is 13.1 Å². The molecule has 2 heterocycles. The summed E-state index contributed by atoms with van der Waals surface area (Å²) in [5, 5.41) is 6.00. The van der Waals surface area contributed by atoms with Crippen molar-refractivity contribution >= 4 is 11.9 Å². The highest BCUT2D eigenvalue weighted by molar-refractivity contribution is 5.84. The quantitative estimate of drug-likeness (QED) is 0.580. The number of piperazine rings is 1. The highest BCUT2D eigenvalue weighted by Crippen LogP contribution is 2.12. The monoisotopic (exact) mass is 241 g/mol. The van der Waals surface area contributed by atoms with Crippen molar-refractivity contribution in [1.29, 1.82) is 0 Å². The van der Waals surface area contributed by atoms with Crippen LogP contribution in [-0.4, -0.2) is 62.1 Å². The van der Waals surface area contributed by atoms with Gasteiger partial charge in [-0.3, -0.25) is 14.5 Å². The van der Waals surface area contributed by atoms with E-state index >= 15 is 0 Å². The van der Waals surface area contributed by atoms with Crippen molar-refractivity contribution in [3.05, 3.63) is 0 Å². The Hall–Kier alpha value is -1.14. The second-order valence-corrected chi connectivity index (χ2v) is 4.41. The van der Waals surface area contributed by atoms with Crippen molar-refractivity contribution in [3.8, 4) is 0 Å². The Bertz CT molecular complexity index is 308.